The van der Waals surface area contributed by atoms with E-state index < -0.39 is 15.9 Å². The van der Waals surface area contributed by atoms with E-state index in [1.807, 2.05) is 32.0 Å². The highest BCUT2D eigenvalue weighted by atomic mass is 35.5. The molecule has 0 radical (unpaired) electrons. The van der Waals surface area contributed by atoms with Crippen molar-refractivity contribution in [3.05, 3.63) is 82.4 Å². The number of halogens is 1. The van der Waals surface area contributed by atoms with Gasteiger partial charge in [-0.25, -0.2) is 8.42 Å². The SMILES string of the molecule is COc1ccc(N(C)S(=O)(=O)c2ccc(Cl)c(C(=O)Nc3cc(C)ccc3C)c2)cc1. The monoisotopic (exact) mass is 458 g/mol. The van der Waals surface area contributed by atoms with Crippen LogP contribution in [0, 0.1) is 13.8 Å². The largest absolute Gasteiger partial charge is 0.497 e. The quantitative estimate of drug-likeness (QED) is 0.561. The summed E-state index contributed by atoms with van der Waals surface area (Å²) in [6.07, 6.45) is 0. The van der Waals surface area contributed by atoms with Crippen LogP contribution in [0.2, 0.25) is 5.02 Å². The van der Waals surface area contributed by atoms with Gasteiger partial charge in [0.05, 0.1) is 28.3 Å². The van der Waals surface area contributed by atoms with Crippen molar-refractivity contribution >= 4 is 38.9 Å². The fraction of sp³-hybridized carbons (Fsp3) is 0.174. The van der Waals surface area contributed by atoms with Crippen molar-refractivity contribution in [1.29, 1.82) is 0 Å². The topological polar surface area (TPSA) is 75.7 Å². The van der Waals surface area contributed by atoms with Gasteiger partial charge in [-0.2, -0.15) is 0 Å². The zero-order valence-corrected chi connectivity index (χ0v) is 19.2. The Balaban J connectivity index is 1.93. The maximum absolute atomic E-state index is 13.2. The molecule has 1 amide bonds. The molecular formula is C23H23ClN2O4S. The Labute approximate surface area is 187 Å². The fourth-order valence-corrected chi connectivity index (χ4v) is 4.41. The average molecular weight is 459 g/mol. The van der Waals surface area contributed by atoms with Crippen LogP contribution in [0.25, 0.3) is 0 Å². The molecule has 0 saturated heterocycles. The first kappa shape index (κ1) is 22.7. The number of carbonyl (C=O) groups excluding carboxylic acids is 1. The number of benzene rings is 3. The van der Waals surface area contributed by atoms with Gasteiger partial charge in [0, 0.05) is 12.7 Å². The zero-order chi connectivity index (χ0) is 22.8. The average Bonchev–Trinajstić information content (AvgIpc) is 2.75. The molecule has 3 aromatic rings. The number of aryl methyl sites for hydroxylation is 2. The standard InChI is InChI=1S/C23H23ClN2O4S/c1-15-5-6-16(2)22(13-15)25-23(27)20-14-19(11-12-21(20)24)31(28,29)26(3)17-7-9-18(30-4)10-8-17/h5-14H,1-4H3,(H,25,27). The summed E-state index contributed by atoms with van der Waals surface area (Å²) in [5, 5.41) is 2.98. The molecular weight excluding hydrogens is 436 g/mol. The number of hydrogen-bond acceptors (Lipinski definition) is 4. The molecule has 0 unspecified atom stereocenters. The molecule has 3 aromatic carbocycles. The molecule has 8 heteroatoms. The molecule has 0 aromatic heterocycles. The maximum Gasteiger partial charge on any atom is 0.264 e. The van der Waals surface area contributed by atoms with Crippen molar-refractivity contribution < 1.29 is 17.9 Å². The van der Waals surface area contributed by atoms with Crippen molar-refractivity contribution in [3.63, 3.8) is 0 Å². The Morgan fingerprint density at radius 3 is 2.32 bits per heavy atom. The van der Waals surface area contributed by atoms with E-state index in [9.17, 15) is 13.2 Å². The highest BCUT2D eigenvalue weighted by Crippen LogP contribution is 2.28. The molecule has 0 aliphatic carbocycles. The lowest BCUT2D eigenvalue weighted by Crippen LogP contribution is -2.27. The van der Waals surface area contributed by atoms with E-state index in [1.54, 1.807) is 24.3 Å². The number of anilines is 2. The Morgan fingerprint density at radius 2 is 1.68 bits per heavy atom. The minimum Gasteiger partial charge on any atom is -0.497 e. The molecule has 0 heterocycles. The lowest BCUT2D eigenvalue weighted by atomic mass is 10.1. The van der Waals surface area contributed by atoms with Gasteiger partial charge in [0.2, 0.25) is 0 Å². The van der Waals surface area contributed by atoms with E-state index in [4.69, 9.17) is 16.3 Å². The summed E-state index contributed by atoms with van der Waals surface area (Å²) in [5.41, 5.74) is 3.05. The number of hydrogen-bond donors (Lipinski definition) is 1. The van der Waals surface area contributed by atoms with Crippen LogP contribution < -0.4 is 14.4 Å². The second-order valence-electron chi connectivity index (χ2n) is 7.08. The number of methoxy groups -OCH3 is 1. The summed E-state index contributed by atoms with van der Waals surface area (Å²) >= 11 is 6.23. The third-order valence-corrected chi connectivity index (χ3v) is 7.03. The summed E-state index contributed by atoms with van der Waals surface area (Å²) < 4.78 is 32.6. The highest BCUT2D eigenvalue weighted by molar-refractivity contribution is 7.92. The van der Waals surface area contributed by atoms with Crippen molar-refractivity contribution in [3.8, 4) is 5.75 Å². The normalized spacial score (nSPS) is 11.1. The molecule has 1 N–H and O–H groups in total. The number of ether oxygens (including phenoxy) is 1. The van der Waals surface area contributed by atoms with Gasteiger partial charge in [0.1, 0.15) is 5.75 Å². The van der Waals surface area contributed by atoms with Gasteiger partial charge in [-0.3, -0.25) is 9.10 Å². The van der Waals surface area contributed by atoms with E-state index in [0.717, 1.165) is 15.4 Å². The molecule has 0 aliphatic rings. The molecule has 0 aliphatic heterocycles. The molecule has 0 spiro atoms. The first-order chi connectivity index (χ1) is 14.6. The second-order valence-corrected chi connectivity index (χ2v) is 9.46. The Hall–Kier alpha value is -3.03. The molecule has 0 fully saturated rings. The molecule has 0 bridgehead atoms. The smallest absolute Gasteiger partial charge is 0.264 e. The van der Waals surface area contributed by atoms with Crippen molar-refractivity contribution in [1.82, 2.24) is 0 Å². The summed E-state index contributed by atoms with van der Waals surface area (Å²) in [4.78, 5) is 12.8. The number of nitrogens with one attached hydrogen (secondary N) is 1. The lowest BCUT2D eigenvalue weighted by Gasteiger charge is -2.20. The van der Waals surface area contributed by atoms with Gasteiger partial charge in [-0.1, -0.05) is 23.7 Å². The van der Waals surface area contributed by atoms with Gasteiger partial charge < -0.3 is 10.1 Å². The minimum absolute atomic E-state index is 0.0404. The number of carbonyl (C=O) groups is 1. The molecule has 31 heavy (non-hydrogen) atoms. The van der Waals surface area contributed by atoms with Crippen LogP contribution in [0.3, 0.4) is 0 Å². The predicted octanol–water partition coefficient (Wildman–Crippen LogP) is 5.04. The predicted molar refractivity (Wildman–Crippen MR) is 124 cm³/mol. The molecule has 6 nitrogen and oxygen atoms in total. The first-order valence-electron chi connectivity index (χ1n) is 9.44. The highest BCUT2D eigenvalue weighted by Gasteiger charge is 2.24. The minimum atomic E-state index is -3.92. The second kappa shape index (κ2) is 8.99. The van der Waals surface area contributed by atoms with E-state index in [0.29, 0.717) is 17.1 Å². The maximum atomic E-state index is 13.2. The third kappa shape index (κ3) is 4.84. The summed E-state index contributed by atoms with van der Waals surface area (Å²) in [6, 6.07) is 16.4. The Kier molecular flexibility index (Phi) is 6.57. The number of sulfonamides is 1. The van der Waals surface area contributed by atoms with Crippen molar-refractivity contribution in [2.45, 2.75) is 18.7 Å². The van der Waals surface area contributed by atoms with Gasteiger partial charge >= 0.3 is 0 Å². The Morgan fingerprint density at radius 1 is 1.00 bits per heavy atom. The third-order valence-electron chi connectivity index (χ3n) is 4.92. The van der Waals surface area contributed by atoms with Crippen LogP contribution >= 0.6 is 11.6 Å². The summed E-state index contributed by atoms with van der Waals surface area (Å²) in [7, 11) is -0.937. The first-order valence-corrected chi connectivity index (χ1v) is 11.3. The van der Waals surface area contributed by atoms with E-state index in [2.05, 4.69) is 5.32 Å². The Bertz CT molecular complexity index is 1220. The van der Waals surface area contributed by atoms with Crippen LogP contribution in [0.4, 0.5) is 11.4 Å². The molecule has 0 saturated carbocycles. The number of nitrogens with zero attached hydrogens (tertiary/aromatic N) is 1. The van der Waals surface area contributed by atoms with Gasteiger partial charge in [0.15, 0.2) is 0 Å². The lowest BCUT2D eigenvalue weighted by molar-refractivity contribution is 0.102. The van der Waals surface area contributed by atoms with Crippen LogP contribution in [-0.4, -0.2) is 28.5 Å². The van der Waals surface area contributed by atoms with Gasteiger partial charge in [0.25, 0.3) is 15.9 Å². The van der Waals surface area contributed by atoms with E-state index in [-0.39, 0.29) is 15.5 Å². The van der Waals surface area contributed by atoms with Crippen LogP contribution in [0.1, 0.15) is 21.5 Å². The molecule has 0 atom stereocenters. The van der Waals surface area contributed by atoms with Gasteiger partial charge in [-0.15, -0.1) is 0 Å². The summed E-state index contributed by atoms with van der Waals surface area (Å²) in [5.74, 6) is 0.134. The number of amides is 1. The van der Waals surface area contributed by atoms with E-state index in [1.165, 1.54) is 32.4 Å². The van der Waals surface area contributed by atoms with Gasteiger partial charge in [-0.05, 0) is 73.5 Å². The summed E-state index contributed by atoms with van der Waals surface area (Å²) in [6.45, 7) is 3.80. The van der Waals surface area contributed by atoms with Crippen molar-refractivity contribution in [2.75, 3.05) is 23.8 Å². The zero-order valence-electron chi connectivity index (χ0n) is 17.6. The number of rotatable bonds is 6. The van der Waals surface area contributed by atoms with E-state index >= 15 is 0 Å². The molecule has 3 rings (SSSR count). The van der Waals surface area contributed by atoms with Crippen LogP contribution in [-0.2, 0) is 10.0 Å². The van der Waals surface area contributed by atoms with Crippen LogP contribution in [0.5, 0.6) is 5.75 Å². The molecule has 162 valence electrons. The van der Waals surface area contributed by atoms with Crippen LogP contribution in [0.15, 0.2) is 65.6 Å². The fourth-order valence-electron chi connectivity index (χ4n) is 2.99. The van der Waals surface area contributed by atoms with Crippen molar-refractivity contribution in [2.24, 2.45) is 0 Å².